The summed E-state index contributed by atoms with van der Waals surface area (Å²) in [6, 6.07) is 7.05. The third-order valence-electron chi connectivity index (χ3n) is 4.70. The standard InChI is InChI=1S/C17H17ClN4O3/c1-20-10-17(25-16(20)24)5-8-21(11-17)15(23)13-4-3-12(9-14(13)18)22-7-2-6-19-22/h2-4,6-7,9H,5,8,10-11H2,1H3/t17-/m0/s1. The van der Waals surface area contributed by atoms with Gasteiger partial charge < -0.3 is 14.5 Å². The molecule has 0 aliphatic carbocycles. The fourth-order valence-electron chi connectivity index (χ4n) is 3.43. The van der Waals surface area contributed by atoms with E-state index in [2.05, 4.69) is 5.10 Å². The van der Waals surface area contributed by atoms with Gasteiger partial charge in [-0.1, -0.05) is 11.6 Å². The highest BCUT2D eigenvalue weighted by molar-refractivity contribution is 6.34. The van der Waals surface area contributed by atoms with Crippen molar-refractivity contribution >= 4 is 23.6 Å². The van der Waals surface area contributed by atoms with Crippen LogP contribution in [0.25, 0.3) is 5.69 Å². The van der Waals surface area contributed by atoms with Crippen molar-refractivity contribution in [1.82, 2.24) is 19.6 Å². The lowest BCUT2D eigenvalue weighted by Crippen LogP contribution is -2.39. The molecular weight excluding hydrogens is 344 g/mol. The molecule has 0 N–H and O–H groups in total. The molecule has 0 bridgehead atoms. The molecule has 2 fully saturated rings. The maximum Gasteiger partial charge on any atom is 0.410 e. The summed E-state index contributed by atoms with van der Waals surface area (Å²) in [6.45, 7) is 1.43. The van der Waals surface area contributed by atoms with Gasteiger partial charge in [0.25, 0.3) is 5.91 Å². The first-order valence-electron chi connectivity index (χ1n) is 8.00. The van der Waals surface area contributed by atoms with Crippen LogP contribution in [0, 0.1) is 0 Å². The molecule has 2 aromatic rings. The highest BCUT2D eigenvalue weighted by Crippen LogP contribution is 2.33. The van der Waals surface area contributed by atoms with Crippen LogP contribution in [-0.2, 0) is 4.74 Å². The van der Waals surface area contributed by atoms with Crippen molar-refractivity contribution in [3.05, 3.63) is 47.2 Å². The van der Waals surface area contributed by atoms with Gasteiger partial charge in [-0.2, -0.15) is 5.10 Å². The van der Waals surface area contributed by atoms with E-state index in [1.165, 1.54) is 0 Å². The van der Waals surface area contributed by atoms with Crippen LogP contribution in [0.1, 0.15) is 16.8 Å². The number of hydrogen-bond acceptors (Lipinski definition) is 4. The van der Waals surface area contributed by atoms with Gasteiger partial charge in [-0.3, -0.25) is 4.79 Å². The number of ether oxygens (including phenoxy) is 1. The number of benzene rings is 1. The predicted octanol–water partition coefficient (Wildman–Crippen LogP) is 2.19. The summed E-state index contributed by atoms with van der Waals surface area (Å²) in [4.78, 5) is 27.7. The zero-order valence-electron chi connectivity index (χ0n) is 13.7. The Balaban J connectivity index is 1.53. The molecule has 1 spiro atoms. The number of hydrogen-bond donors (Lipinski definition) is 0. The van der Waals surface area contributed by atoms with Crippen LogP contribution in [0.4, 0.5) is 4.79 Å². The molecule has 1 aromatic carbocycles. The van der Waals surface area contributed by atoms with Gasteiger partial charge in [-0.25, -0.2) is 9.48 Å². The average Bonchev–Trinajstić information content (AvgIpc) is 3.29. The Bertz CT molecular complexity index is 838. The molecule has 130 valence electrons. The zero-order valence-corrected chi connectivity index (χ0v) is 14.4. The number of aromatic nitrogens is 2. The van der Waals surface area contributed by atoms with Crippen molar-refractivity contribution in [3.8, 4) is 5.69 Å². The van der Waals surface area contributed by atoms with E-state index in [0.717, 1.165) is 5.69 Å². The molecule has 3 heterocycles. The second-order valence-electron chi connectivity index (χ2n) is 6.50. The molecule has 2 aliphatic heterocycles. The van der Waals surface area contributed by atoms with Crippen molar-refractivity contribution in [2.45, 2.75) is 12.0 Å². The van der Waals surface area contributed by atoms with Gasteiger partial charge >= 0.3 is 6.09 Å². The first-order valence-corrected chi connectivity index (χ1v) is 8.38. The van der Waals surface area contributed by atoms with Crippen LogP contribution in [0.15, 0.2) is 36.7 Å². The van der Waals surface area contributed by atoms with Crippen molar-refractivity contribution in [1.29, 1.82) is 0 Å². The minimum absolute atomic E-state index is 0.153. The normalized spacial score (nSPS) is 22.7. The fourth-order valence-corrected chi connectivity index (χ4v) is 3.69. The molecule has 2 aliphatic rings. The number of carbonyl (C=O) groups excluding carboxylic acids is 2. The largest absolute Gasteiger partial charge is 0.439 e. The van der Waals surface area contributed by atoms with Crippen molar-refractivity contribution in [2.75, 3.05) is 26.7 Å². The van der Waals surface area contributed by atoms with Gasteiger partial charge in [0.1, 0.15) is 0 Å². The van der Waals surface area contributed by atoms with Crippen LogP contribution in [0.2, 0.25) is 5.02 Å². The summed E-state index contributed by atoms with van der Waals surface area (Å²) in [7, 11) is 1.70. The third-order valence-corrected chi connectivity index (χ3v) is 5.01. The van der Waals surface area contributed by atoms with Crippen molar-refractivity contribution in [3.63, 3.8) is 0 Å². The Morgan fingerprint density at radius 2 is 2.20 bits per heavy atom. The van der Waals surface area contributed by atoms with E-state index in [1.807, 2.05) is 12.3 Å². The number of rotatable bonds is 2. The second kappa shape index (κ2) is 5.77. The molecule has 0 saturated carbocycles. The number of halogens is 1. The van der Waals surface area contributed by atoms with E-state index in [4.69, 9.17) is 16.3 Å². The lowest BCUT2D eigenvalue weighted by Gasteiger charge is -2.22. The number of likely N-dealkylation sites (tertiary alicyclic amines) is 1. The molecule has 7 nitrogen and oxygen atoms in total. The maximum absolute atomic E-state index is 12.8. The maximum atomic E-state index is 12.8. The Morgan fingerprint density at radius 1 is 1.36 bits per heavy atom. The summed E-state index contributed by atoms with van der Waals surface area (Å²) < 4.78 is 7.16. The fraction of sp³-hybridized carbons (Fsp3) is 0.353. The molecule has 8 heteroatoms. The third kappa shape index (κ3) is 2.74. The lowest BCUT2D eigenvalue weighted by molar-refractivity contribution is 0.0553. The molecule has 25 heavy (non-hydrogen) atoms. The SMILES string of the molecule is CN1C[C@]2(CCN(C(=O)c3ccc(-n4cccn4)cc3Cl)C2)OC1=O. The van der Waals surface area contributed by atoms with Crippen molar-refractivity contribution < 1.29 is 14.3 Å². The summed E-state index contributed by atoms with van der Waals surface area (Å²) in [5.74, 6) is -0.153. The lowest BCUT2D eigenvalue weighted by atomic mass is 10.0. The quantitative estimate of drug-likeness (QED) is 0.823. The second-order valence-corrected chi connectivity index (χ2v) is 6.91. The molecule has 1 aromatic heterocycles. The van der Waals surface area contributed by atoms with Crippen LogP contribution >= 0.6 is 11.6 Å². The van der Waals surface area contributed by atoms with E-state index in [1.54, 1.807) is 45.9 Å². The van der Waals surface area contributed by atoms with Gasteiger partial charge in [0, 0.05) is 32.4 Å². The van der Waals surface area contributed by atoms with Gasteiger partial charge in [-0.15, -0.1) is 0 Å². The molecule has 2 amide bonds. The number of nitrogens with zero attached hydrogens (tertiary/aromatic N) is 4. The predicted molar refractivity (Wildman–Crippen MR) is 90.9 cm³/mol. The zero-order chi connectivity index (χ0) is 17.6. The molecule has 4 rings (SSSR count). The molecule has 0 unspecified atom stereocenters. The smallest absolute Gasteiger partial charge is 0.410 e. The monoisotopic (exact) mass is 360 g/mol. The van der Waals surface area contributed by atoms with E-state index in [-0.39, 0.29) is 12.0 Å². The van der Waals surface area contributed by atoms with Gasteiger partial charge in [-0.05, 0) is 24.3 Å². The first kappa shape index (κ1) is 16.0. The summed E-state index contributed by atoms with van der Waals surface area (Å²) in [5, 5.41) is 4.53. The Morgan fingerprint density at radius 3 is 2.84 bits per heavy atom. The summed E-state index contributed by atoms with van der Waals surface area (Å²) in [5.41, 5.74) is 0.631. The van der Waals surface area contributed by atoms with Crippen LogP contribution < -0.4 is 0 Å². The minimum atomic E-state index is -0.594. The molecule has 1 atom stereocenters. The number of carbonyl (C=O) groups is 2. The summed E-state index contributed by atoms with van der Waals surface area (Å²) >= 11 is 6.33. The Labute approximate surface area is 149 Å². The molecule has 0 radical (unpaired) electrons. The van der Waals surface area contributed by atoms with E-state index < -0.39 is 5.60 Å². The van der Waals surface area contributed by atoms with E-state index in [0.29, 0.717) is 36.6 Å². The van der Waals surface area contributed by atoms with Crippen LogP contribution in [0.5, 0.6) is 0 Å². The Kier molecular flexibility index (Phi) is 3.68. The first-order chi connectivity index (χ1) is 12.0. The highest BCUT2D eigenvalue weighted by atomic mass is 35.5. The van der Waals surface area contributed by atoms with E-state index >= 15 is 0 Å². The topological polar surface area (TPSA) is 67.7 Å². The number of likely N-dealkylation sites (N-methyl/N-ethyl adjacent to an activating group) is 1. The molecule has 2 saturated heterocycles. The van der Waals surface area contributed by atoms with Gasteiger partial charge in [0.05, 0.1) is 29.4 Å². The van der Waals surface area contributed by atoms with Crippen LogP contribution in [0.3, 0.4) is 0 Å². The summed E-state index contributed by atoms with van der Waals surface area (Å²) in [6.07, 6.45) is 3.78. The molecular formula is C17H17ClN4O3. The number of amides is 2. The average molecular weight is 361 g/mol. The van der Waals surface area contributed by atoms with Crippen LogP contribution in [-0.4, -0.2) is 63.9 Å². The van der Waals surface area contributed by atoms with Gasteiger partial charge in [0.2, 0.25) is 0 Å². The van der Waals surface area contributed by atoms with Gasteiger partial charge in [0.15, 0.2) is 5.60 Å². The van der Waals surface area contributed by atoms with E-state index in [9.17, 15) is 9.59 Å². The Hall–Kier alpha value is -2.54. The highest BCUT2D eigenvalue weighted by Gasteiger charge is 2.49. The minimum Gasteiger partial charge on any atom is -0.439 e. The van der Waals surface area contributed by atoms with Crippen molar-refractivity contribution in [2.24, 2.45) is 0 Å².